The van der Waals surface area contributed by atoms with Crippen LogP contribution in [-0.4, -0.2) is 42.8 Å². The smallest absolute Gasteiger partial charge is 0.272 e. The largest absolute Gasteiger partial charge is 0.497 e. The Kier molecular flexibility index (Phi) is 5.07. The summed E-state index contributed by atoms with van der Waals surface area (Å²) in [6.07, 6.45) is 2.47. The Morgan fingerprint density at radius 2 is 1.93 bits per heavy atom. The van der Waals surface area contributed by atoms with Crippen LogP contribution in [0.1, 0.15) is 34.9 Å². The van der Waals surface area contributed by atoms with Crippen LogP contribution in [0.3, 0.4) is 0 Å². The zero-order valence-corrected chi connectivity index (χ0v) is 15.5. The van der Waals surface area contributed by atoms with Crippen molar-refractivity contribution < 1.29 is 14.4 Å². The van der Waals surface area contributed by atoms with E-state index in [2.05, 4.69) is 27.6 Å². The fourth-order valence-corrected chi connectivity index (χ4v) is 3.93. The summed E-state index contributed by atoms with van der Waals surface area (Å²) in [6, 6.07) is 16.1. The normalized spacial score (nSPS) is 15.7. The molecule has 1 atom stereocenters. The van der Waals surface area contributed by atoms with Crippen LogP contribution in [0.2, 0.25) is 0 Å². The molecule has 1 aliphatic heterocycles. The van der Waals surface area contributed by atoms with E-state index >= 15 is 0 Å². The van der Waals surface area contributed by atoms with Crippen molar-refractivity contribution in [2.75, 3.05) is 26.7 Å². The van der Waals surface area contributed by atoms with Crippen LogP contribution in [0.5, 0.6) is 5.75 Å². The average molecular weight is 365 g/mol. The molecule has 0 aliphatic carbocycles. The predicted octanol–water partition coefficient (Wildman–Crippen LogP) is 1.72. The molecule has 3 aromatic rings. The van der Waals surface area contributed by atoms with E-state index in [1.54, 1.807) is 7.11 Å². The van der Waals surface area contributed by atoms with Crippen molar-refractivity contribution in [3.05, 3.63) is 59.8 Å². The number of nitrogens with one attached hydrogen (secondary N) is 3. The molecule has 0 radical (unpaired) electrons. The maximum absolute atomic E-state index is 12.7. The molecule has 140 valence electrons. The van der Waals surface area contributed by atoms with E-state index in [1.807, 2.05) is 36.4 Å². The number of ether oxygens (including phenoxy) is 1. The van der Waals surface area contributed by atoms with Gasteiger partial charge in [-0.2, -0.15) is 5.10 Å². The van der Waals surface area contributed by atoms with Gasteiger partial charge in [0, 0.05) is 23.8 Å². The number of hydrogen-bond donors (Lipinski definition) is 3. The monoisotopic (exact) mass is 365 g/mol. The van der Waals surface area contributed by atoms with E-state index in [1.165, 1.54) is 23.3 Å². The Balaban J connectivity index is 1.51. The van der Waals surface area contributed by atoms with Gasteiger partial charge in [-0.3, -0.25) is 9.89 Å². The van der Waals surface area contributed by atoms with Gasteiger partial charge >= 0.3 is 0 Å². The third-order valence-electron chi connectivity index (χ3n) is 5.41. The van der Waals surface area contributed by atoms with E-state index < -0.39 is 0 Å². The Morgan fingerprint density at radius 3 is 2.67 bits per heavy atom. The van der Waals surface area contributed by atoms with Crippen LogP contribution < -0.4 is 15.0 Å². The number of rotatable bonds is 6. The minimum absolute atomic E-state index is 0.135. The van der Waals surface area contributed by atoms with Gasteiger partial charge in [0.2, 0.25) is 0 Å². The number of para-hydroxylation sites is 1. The van der Waals surface area contributed by atoms with E-state index in [9.17, 15) is 4.79 Å². The fourth-order valence-electron chi connectivity index (χ4n) is 3.93. The molecule has 0 unspecified atom stereocenters. The van der Waals surface area contributed by atoms with Gasteiger partial charge in [0.25, 0.3) is 5.91 Å². The van der Waals surface area contributed by atoms with Gasteiger partial charge < -0.3 is 15.0 Å². The first kappa shape index (κ1) is 17.5. The quantitative estimate of drug-likeness (QED) is 0.623. The number of nitrogens with zero attached hydrogens (tertiary/aromatic N) is 1. The highest BCUT2D eigenvalue weighted by Gasteiger charge is 2.28. The summed E-state index contributed by atoms with van der Waals surface area (Å²) in [4.78, 5) is 14.3. The van der Waals surface area contributed by atoms with E-state index in [0.29, 0.717) is 12.2 Å². The first-order valence-corrected chi connectivity index (χ1v) is 9.46. The van der Waals surface area contributed by atoms with Crippen molar-refractivity contribution in [2.24, 2.45) is 0 Å². The summed E-state index contributed by atoms with van der Waals surface area (Å²) in [5.74, 6) is 0.713. The summed E-state index contributed by atoms with van der Waals surface area (Å²) in [6.45, 7) is 2.86. The van der Waals surface area contributed by atoms with Crippen LogP contribution in [0.25, 0.3) is 10.9 Å². The number of aromatic nitrogens is 2. The lowest BCUT2D eigenvalue weighted by Crippen LogP contribution is -3.11. The predicted molar refractivity (Wildman–Crippen MR) is 104 cm³/mol. The first-order chi connectivity index (χ1) is 13.3. The third-order valence-corrected chi connectivity index (χ3v) is 5.41. The van der Waals surface area contributed by atoms with E-state index in [-0.39, 0.29) is 11.9 Å². The standard InChI is InChI=1S/C21H24N4O2/c1-27-16-10-8-15(9-11-16)19(25-12-4-5-13-25)14-22-21(26)20-17-6-2-3-7-18(17)23-24-20/h2-3,6-11,19H,4-5,12-14H2,1H3,(H,22,26)(H,23,24)/p+1/t19-/m1/s1. The maximum Gasteiger partial charge on any atom is 0.272 e. The molecule has 6 heteroatoms. The number of benzene rings is 2. The molecule has 4 rings (SSSR count). The average Bonchev–Trinajstić information content (AvgIpc) is 3.38. The number of hydrogen-bond acceptors (Lipinski definition) is 3. The number of carbonyl (C=O) groups is 1. The SMILES string of the molecule is COc1ccc([C@@H](CNC(=O)c2n[nH]c3ccccc23)[NH+]2CCCC2)cc1. The maximum atomic E-state index is 12.7. The van der Waals surface area contributed by atoms with Gasteiger partial charge in [0.1, 0.15) is 11.8 Å². The molecule has 1 saturated heterocycles. The lowest BCUT2D eigenvalue weighted by atomic mass is 10.0. The number of amides is 1. The summed E-state index contributed by atoms with van der Waals surface area (Å²) < 4.78 is 5.27. The summed E-state index contributed by atoms with van der Waals surface area (Å²) in [7, 11) is 1.67. The lowest BCUT2D eigenvalue weighted by molar-refractivity contribution is -0.918. The minimum Gasteiger partial charge on any atom is -0.497 e. The molecule has 1 fully saturated rings. The molecular formula is C21H25N4O2+. The van der Waals surface area contributed by atoms with Crippen molar-refractivity contribution in [3.8, 4) is 5.75 Å². The number of fused-ring (bicyclic) bond motifs is 1. The van der Waals surface area contributed by atoms with Crippen LogP contribution in [0.4, 0.5) is 0 Å². The van der Waals surface area contributed by atoms with Crippen molar-refractivity contribution >= 4 is 16.8 Å². The van der Waals surface area contributed by atoms with Gasteiger partial charge in [-0.15, -0.1) is 0 Å². The number of aromatic amines is 1. The zero-order valence-electron chi connectivity index (χ0n) is 15.5. The van der Waals surface area contributed by atoms with Crippen molar-refractivity contribution in [2.45, 2.75) is 18.9 Å². The molecule has 0 saturated carbocycles. The molecule has 27 heavy (non-hydrogen) atoms. The van der Waals surface area contributed by atoms with Crippen molar-refractivity contribution in [1.82, 2.24) is 15.5 Å². The zero-order chi connectivity index (χ0) is 18.6. The Morgan fingerprint density at radius 1 is 1.19 bits per heavy atom. The number of likely N-dealkylation sites (tertiary alicyclic amines) is 1. The molecule has 0 bridgehead atoms. The minimum atomic E-state index is -0.135. The molecule has 1 amide bonds. The lowest BCUT2D eigenvalue weighted by Gasteiger charge is -2.25. The van der Waals surface area contributed by atoms with Crippen LogP contribution in [-0.2, 0) is 0 Å². The first-order valence-electron chi connectivity index (χ1n) is 9.46. The van der Waals surface area contributed by atoms with Crippen LogP contribution in [0, 0.1) is 0 Å². The Hall–Kier alpha value is -2.86. The van der Waals surface area contributed by atoms with Crippen molar-refractivity contribution in [1.29, 1.82) is 0 Å². The van der Waals surface area contributed by atoms with Gasteiger partial charge in [0.05, 0.1) is 32.3 Å². The van der Waals surface area contributed by atoms with Gasteiger partial charge in [-0.05, 0) is 30.3 Å². The third kappa shape index (κ3) is 3.66. The van der Waals surface area contributed by atoms with Crippen LogP contribution in [0.15, 0.2) is 48.5 Å². The highest BCUT2D eigenvalue weighted by Crippen LogP contribution is 2.18. The van der Waals surface area contributed by atoms with Gasteiger partial charge in [-0.1, -0.05) is 18.2 Å². The number of methoxy groups -OCH3 is 1. The number of quaternary nitrogens is 1. The second kappa shape index (κ2) is 7.80. The second-order valence-corrected chi connectivity index (χ2v) is 7.02. The van der Waals surface area contributed by atoms with Gasteiger partial charge in [0.15, 0.2) is 5.69 Å². The second-order valence-electron chi connectivity index (χ2n) is 7.02. The highest BCUT2D eigenvalue weighted by molar-refractivity contribution is 6.04. The molecule has 2 heterocycles. The fraction of sp³-hybridized carbons (Fsp3) is 0.333. The molecule has 3 N–H and O–H groups in total. The molecule has 6 nitrogen and oxygen atoms in total. The Labute approximate surface area is 158 Å². The summed E-state index contributed by atoms with van der Waals surface area (Å²) in [5.41, 5.74) is 2.55. The highest BCUT2D eigenvalue weighted by atomic mass is 16.5. The molecule has 0 spiro atoms. The number of H-pyrrole nitrogens is 1. The molecule has 1 aromatic heterocycles. The summed E-state index contributed by atoms with van der Waals surface area (Å²) >= 11 is 0. The summed E-state index contributed by atoms with van der Waals surface area (Å²) in [5, 5.41) is 11.1. The number of carbonyl (C=O) groups excluding carboxylic acids is 1. The molecule has 1 aliphatic rings. The molecule has 2 aromatic carbocycles. The topological polar surface area (TPSA) is 71.4 Å². The van der Waals surface area contributed by atoms with Gasteiger partial charge in [-0.25, -0.2) is 0 Å². The molecular weight excluding hydrogens is 340 g/mol. The van der Waals surface area contributed by atoms with E-state index in [0.717, 1.165) is 29.7 Å². The van der Waals surface area contributed by atoms with E-state index in [4.69, 9.17) is 4.74 Å². The van der Waals surface area contributed by atoms with Crippen molar-refractivity contribution in [3.63, 3.8) is 0 Å². The van der Waals surface area contributed by atoms with Crippen LogP contribution >= 0.6 is 0 Å². The Bertz CT molecular complexity index is 913.